The van der Waals surface area contributed by atoms with E-state index in [4.69, 9.17) is 10.5 Å². The summed E-state index contributed by atoms with van der Waals surface area (Å²) in [5.74, 6) is -1.10. The molecule has 1 aromatic carbocycles. The van der Waals surface area contributed by atoms with Gasteiger partial charge in [-0.05, 0) is 23.8 Å². The first-order valence-electron chi connectivity index (χ1n) is 10.0. The summed E-state index contributed by atoms with van der Waals surface area (Å²) in [4.78, 5) is 39.4. The number of hydrogen-bond acceptors (Lipinski definition) is 5. The van der Waals surface area contributed by atoms with Gasteiger partial charge in [0.25, 0.3) is 0 Å². The summed E-state index contributed by atoms with van der Waals surface area (Å²) in [6, 6.07) is 7.16. The highest BCUT2D eigenvalue weighted by atomic mass is 16.5. The van der Waals surface area contributed by atoms with Crippen LogP contribution in [0.25, 0.3) is 0 Å². The molecular weight excluding hydrogens is 370 g/mol. The van der Waals surface area contributed by atoms with E-state index in [1.165, 1.54) is 12.0 Å². The average Bonchev–Trinajstić information content (AvgIpc) is 2.69. The molecule has 0 spiro atoms. The van der Waals surface area contributed by atoms with Crippen molar-refractivity contribution in [2.75, 3.05) is 14.2 Å². The van der Waals surface area contributed by atoms with Crippen molar-refractivity contribution in [1.29, 1.82) is 0 Å². The second-order valence-corrected chi connectivity index (χ2v) is 8.14. The fourth-order valence-corrected chi connectivity index (χ4v) is 3.01. The first-order chi connectivity index (χ1) is 13.6. The summed E-state index contributed by atoms with van der Waals surface area (Å²) in [6.07, 6.45) is 0.766. The van der Waals surface area contributed by atoms with Crippen molar-refractivity contribution in [3.8, 4) is 0 Å². The third-order valence-electron chi connectivity index (χ3n) is 4.90. The van der Waals surface area contributed by atoms with Gasteiger partial charge in [-0.15, -0.1) is 0 Å². The number of likely N-dealkylation sites (N-methyl/N-ethyl adjacent to an activating group) is 1. The topological polar surface area (TPSA) is 102 Å². The molecule has 0 bridgehead atoms. The highest BCUT2D eigenvalue weighted by Crippen LogP contribution is 2.14. The molecule has 7 nitrogen and oxygen atoms in total. The van der Waals surface area contributed by atoms with Gasteiger partial charge in [-0.25, -0.2) is 4.79 Å². The molecule has 0 unspecified atom stereocenters. The maximum absolute atomic E-state index is 13.2. The summed E-state index contributed by atoms with van der Waals surface area (Å²) in [6.45, 7) is 7.64. The number of nitrogens with two attached hydrogens (primary N) is 1. The molecule has 1 rings (SSSR count). The summed E-state index contributed by atoms with van der Waals surface area (Å²) in [7, 11) is 2.86. The van der Waals surface area contributed by atoms with E-state index in [1.807, 2.05) is 58.0 Å². The van der Waals surface area contributed by atoms with Crippen LogP contribution in [0.2, 0.25) is 0 Å². The average molecular weight is 406 g/mol. The second kappa shape index (κ2) is 11.6. The van der Waals surface area contributed by atoms with Crippen molar-refractivity contribution in [2.24, 2.45) is 17.6 Å². The summed E-state index contributed by atoms with van der Waals surface area (Å²) in [5, 5.41) is 2.78. The van der Waals surface area contributed by atoms with Gasteiger partial charge in [0.15, 0.2) is 0 Å². The Morgan fingerprint density at radius 2 is 1.69 bits per heavy atom. The van der Waals surface area contributed by atoms with Gasteiger partial charge in [-0.3, -0.25) is 9.59 Å². The lowest BCUT2D eigenvalue weighted by atomic mass is 9.99. The smallest absolute Gasteiger partial charge is 0.328 e. The number of methoxy groups -OCH3 is 1. The van der Waals surface area contributed by atoms with Gasteiger partial charge < -0.3 is 20.7 Å². The molecule has 162 valence electrons. The van der Waals surface area contributed by atoms with Crippen molar-refractivity contribution in [1.82, 2.24) is 10.2 Å². The van der Waals surface area contributed by atoms with Gasteiger partial charge in [0.1, 0.15) is 12.1 Å². The Labute approximate surface area is 174 Å². The number of rotatable bonds is 10. The third kappa shape index (κ3) is 7.49. The van der Waals surface area contributed by atoms with E-state index in [-0.39, 0.29) is 23.7 Å². The summed E-state index contributed by atoms with van der Waals surface area (Å²) in [5.41, 5.74) is 6.85. The van der Waals surface area contributed by atoms with Crippen molar-refractivity contribution in [2.45, 2.75) is 58.7 Å². The standard InChI is InChI=1S/C22H35N3O4/c1-14(2)12-17(24-20(26)19(23)15(3)4)21(27)25(5)18(22(28)29-6)13-16-10-8-7-9-11-16/h7-11,14-15,17-19H,12-13,23H2,1-6H3,(H,24,26)/t17-,18-,19-/m0/s1. The lowest BCUT2D eigenvalue weighted by Gasteiger charge is -2.31. The number of esters is 1. The molecule has 0 aliphatic rings. The van der Waals surface area contributed by atoms with Crippen molar-refractivity contribution < 1.29 is 19.1 Å². The normalized spacial score (nSPS) is 14.2. The molecule has 0 aromatic heterocycles. The Balaban J connectivity index is 3.05. The molecule has 0 heterocycles. The molecule has 29 heavy (non-hydrogen) atoms. The first kappa shape index (κ1) is 24.6. The van der Waals surface area contributed by atoms with E-state index in [9.17, 15) is 14.4 Å². The molecule has 0 saturated heterocycles. The number of amides is 2. The molecule has 0 radical (unpaired) electrons. The van der Waals surface area contributed by atoms with Crippen LogP contribution in [0, 0.1) is 11.8 Å². The molecule has 0 aliphatic heterocycles. The number of benzene rings is 1. The number of hydrogen-bond donors (Lipinski definition) is 2. The first-order valence-corrected chi connectivity index (χ1v) is 10.0. The predicted octanol–water partition coefficient (Wildman–Crippen LogP) is 1.74. The van der Waals surface area contributed by atoms with Crippen LogP contribution in [-0.2, 0) is 25.5 Å². The Bertz CT molecular complexity index is 676. The molecule has 3 atom stereocenters. The Morgan fingerprint density at radius 3 is 2.17 bits per heavy atom. The van der Waals surface area contributed by atoms with Crippen LogP contribution in [0.15, 0.2) is 30.3 Å². The molecule has 0 fully saturated rings. The molecule has 7 heteroatoms. The Morgan fingerprint density at radius 1 is 1.10 bits per heavy atom. The maximum Gasteiger partial charge on any atom is 0.328 e. The number of carbonyl (C=O) groups is 3. The number of nitrogens with one attached hydrogen (secondary N) is 1. The highest BCUT2D eigenvalue weighted by molar-refractivity contribution is 5.92. The van der Waals surface area contributed by atoms with Crippen molar-refractivity contribution in [3.05, 3.63) is 35.9 Å². The summed E-state index contributed by atoms with van der Waals surface area (Å²) < 4.78 is 4.93. The largest absolute Gasteiger partial charge is 0.467 e. The lowest BCUT2D eigenvalue weighted by molar-refractivity contribution is -0.152. The Hall–Kier alpha value is -2.41. The molecular formula is C22H35N3O4. The zero-order chi connectivity index (χ0) is 22.1. The quantitative estimate of drug-likeness (QED) is 0.578. The van der Waals surface area contributed by atoms with Crippen LogP contribution in [0.5, 0.6) is 0 Å². The highest BCUT2D eigenvalue weighted by Gasteiger charge is 2.34. The zero-order valence-corrected chi connectivity index (χ0v) is 18.3. The van der Waals surface area contributed by atoms with Gasteiger partial charge in [-0.2, -0.15) is 0 Å². The van der Waals surface area contributed by atoms with Gasteiger partial charge in [-0.1, -0.05) is 58.0 Å². The fourth-order valence-electron chi connectivity index (χ4n) is 3.01. The van der Waals surface area contributed by atoms with Crippen LogP contribution < -0.4 is 11.1 Å². The fraction of sp³-hybridized carbons (Fsp3) is 0.591. The molecule has 1 aromatic rings. The number of ether oxygens (including phenoxy) is 1. The summed E-state index contributed by atoms with van der Waals surface area (Å²) >= 11 is 0. The van der Waals surface area contributed by atoms with Gasteiger partial charge >= 0.3 is 5.97 Å². The maximum atomic E-state index is 13.2. The lowest BCUT2D eigenvalue weighted by Crippen LogP contribution is -2.56. The van der Waals surface area contributed by atoms with Gasteiger partial charge in [0.05, 0.1) is 13.2 Å². The van der Waals surface area contributed by atoms with Crippen LogP contribution in [-0.4, -0.2) is 55.0 Å². The van der Waals surface area contributed by atoms with E-state index >= 15 is 0 Å². The van der Waals surface area contributed by atoms with E-state index < -0.39 is 24.1 Å². The van der Waals surface area contributed by atoms with E-state index in [0.29, 0.717) is 12.8 Å². The molecule has 3 N–H and O–H groups in total. The van der Waals surface area contributed by atoms with Crippen LogP contribution >= 0.6 is 0 Å². The Kier molecular flexibility index (Phi) is 9.81. The van der Waals surface area contributed by atoms with E-state index in [0.717, 1.165) is 5.56 Å². The monoisotopic (exact) mass is 405 g/mol. The zero-order valence-electron chi connectivity index (χ0n) is 18.3. The molecule has 0 saturated carbocycles. The number of nitrogens with zero attached hydrogens (tertiary/aromatic N) is 1. The number of carbonyl (C=O) groups excluding carboxylic acids is 3. The van der Waals surface area contributed by atoms with Gasteiger partial charge in [0.2, 0.25) is 11.8 Å². The van der Waals surface area contributed by atoms with Crippen LogP contribution in [0.4, 0.5) is 0 Å². The van der Waals surface area contributed by atoms with E-state index in [1.54, 1.807) is 7.05 Å². The minimum absolute atomic E-state index is 0.0524. The van der Waals surface area contributed by atoms with Gasteiger partial charge in [0, 0.05) is 13.5 Å². The van der Waals surface area contributed by atoms with Crippen molar-refractivity contribution >= 4 is 17.8 Å². The molecule has 2 amide bonds. The van der Waals surface area contributed by atoms with Crippen LogP contribution in [0.1, 0.15) is 39.7 Å². The second-order valence-electron chi connectivity index (χ2n) is 8.14. The van der Waals surface area contributed by atoms with Crippen LogP contribution in [0.3, 0.4) is 0 Å². The minimum atomic E-state index is -0.791. The third-order valence-corrected chi connectivity index (χ3v) is 4.90. The predicted molar refractivity (Wildman–Crippen MR) is 113 cm³/mol. The van der Waals surface area contributed by atoms with E-state index in [2.05, 4.69) is 5.32 Å². The molecule has 0 aliphatic carbocycles. The minimum Gasteiger partial charge on any atom is -0.467 e. The SMILES string of the molecule is COC(=O)[C@H](Cc1ccccc1)N(C)C(=O)[C@H](CC(C)C)NC(=O)[C@@H](N)C(C)C. The van der Waals surface area contributed by atoms with Crippen molar-refractivity contribution in [3.63, 3.8) is 0 Å².